The first-order chi connectivity index (χ1) is 8.69. The molecule has 0 N–H and O–H groups in total. The Balaban J connectivity index is 1.97. The highest BCUT2D eigenvalue weighted by Crippen LogP contribution is 2.35. The Morgan fingerprint density at radius 2 is 2.28 bits per heavy atom. The zero-order valence-electron chi connectivity index (χ0n) is 10.5. The van der Waals surface area contributed by atoms with Gasteiger partial charge in [-0.05, 0) is 38.3 Å². The average molecular weight is 245 g/mol. The monoisotopic (exact) mass is 245 g/mol. The van der Waals surface area contributed by atoms with Crippen LogP contribution >= 0.6 is 0 Å². The van der Waals surface area contributed by atoms with Crippen LogP contribution in [0, 0.1) is 6.92 Å². The molecule has 5 nitrogen and oxygen atoms in total. The fourth-order valence-electron chi connectivity index (χ4n) is 2.20. The van der Waals surface area contributed by atoms with Crippen molar-refractivity contribution in [1.29, 1.82) is 0 Å². The standard InChI is InChI=1S/C13H15N3O2/c1-9-5-3-7-14-10(9)11-15-12(18-16-11)13(2)6-4-8-17-13/h3,5,7H,4,6,8H2,1-2H3/t13-/m1/s1. The van der Waals surface area contributed by atoms with Gasteiger partial charge in [-0.2, -0.15) is 4.98 Å². The Kier molecular flexibility index (Phi) is 2.63. The molecule has 0 bridgehead atoms. The van der Waals surface area contributed by atoms with Crippen molar-refractivity contribution in [2.75, 3.05) is 6.61 Å². The van der Waals surface area contributed by atoms with Gasteiger partial charge in [-0.3, -0.25) is 4.98 Å². The molecule has 0 aliphatic carbocycles. The molecular formula is C13H15N3O2. The second-order valence-corrected chi connectivity index (χ2v) is 4.77. The van der Waals surface area contributed by atoms with Crippen molar-refractivity contribution in [2.24, 2.45) is 0 Å². The minimum Gasteiger partial charge on any atom is -0.365 e. The quantitative estimate of drug-likeness (QED) is 0.813. The predicted molar refractivity (Wildman–Crippen MR) is 64.8 cm³/mol. The summed E-state index contributed by atoms with van der Waals surface area (Å²) in [5.41, 5.74) is 1.35. The molecule has 5 heteroatoms. The van der Waals surface area contributed by atoms with E-state index in [2.05, 4.69) is 15.1 Å². The Labute approximate surface area is 105 Å². The van der Waals surface area contributed by atoms with Crippen LogP contribution in [-0.2, 0) is 10.3 Å². The third-order valence-electron chi connectivity index (χ3n) is 3.32. The van der Waals surface area contributed by atoms with Gasteiger partial charge in [0.25, 0.3) is 5.89 Å². The van der Waals surface area contributed by atoms with E-state index < -0.39 is 5.60 Å². The van der Waals surface area contributed by atoms with Crippen LogP contribution < -0.4 is 0 Å². The molecule has 0 saturated carbocycles. The SMILES string of the molecule is Cc1cccnc1-c1noc([C@@]2(C)CCCO2)n1. The van der Waals surface area contributed by atoms with Crippen molar-refractivity contribution in [2.45, 2.75) is 32.3 Å². The maximum atomic E-state index is 5.69. The summed E-state index contributed by atoms with van der Waals surface area (Å²) in [5, 5.41) is 4.01. The van der Waals surface area contributed by atoms with Crippen LogP contribution in [0.1, 0.15) is 31.2 Å². The summed E-state index contributed by atoms with van der Waals surface area (Å²) in [5.74, 6) is 1.07. The van der Waals surface area contributed by atoms with E-state index in [1.54, 1.807) is 6.20 Å². The predicted octanol–water partition coefficient (Wildman–Crippen LogP) is 2.47. The van der Waals surface area contributed by atoms with Gasteiger partial charge in [0.2, 0.25) is 5.82 Å². The summed E-state index contributed by atoms with van der Waals surface area (Å²) >= 11 is 0. The Bertz CT molecular complexity index is 559. The molecule has 2 aromatic rings. The van der Waals surface area contributed by atoms with Crippen LogP contribution in [0.5, 0.6) is 0 Å². The molecule has 1 atom stereocenters. The number of rotatable bonds is 2. The third-order valence-corrected chi connectivity index (χ3v) is 3.32. The summed E-state index contributed by atoms with van der Waals surface area (Å²) in [6, 6.07) is 3.87. The Morgan fingerprint density at radius 3 is 3.00 bits per heavy atom. The molecule has 94 valence electrons. The van der Waals surface area contributed by atoms with Crippen molar-refractivity contribution < 1.29 is 9.26 Å². The minimum absolute atomic E-state index is 0.437. The van der Waals surface area contributed by atoms with Gasteiger partial charge in [0.1, 0.15) is 11.3 Å². The third kappa shape index (κ3) is 1.80. The summed E-state index contributed by atoms with van der Waals surface area (Å²) in [6.45, 7) is 4.71. The molecule has 1 aliphatic heterocycles. The van der Waals surface area contributed by atoms with Gasteiger partial charge in [-0.25, -0.2) is 0 Å². The van der Waals surface area contributed by atoms with E-state index in [1.807, 2.05) is 26.0 Å². The Morgan fingerprint density at radius 1 is 1.39 bits per heavy atom. The van der Waals surface area contributed by atoms with E-state index in [4.69, 9.17) is 9.26 Å². The molecule has 1 aliphatic rings. The second kappa shape index (κ2) is 4.17. The molecular weight excluding hydrogens is 230 g/mol. The van der Waals surface area contributed by atoms with Gasteiger partial charge < -0.3 is 9.26 Å². The Hall–Kier alpha value is -1.75. The first kappa shape index (κ1) is 11.3. The van der Waals surface area contributed by atoms with E-state index >= 15 is 0 Å². The molecule has 1 saturated heterocycles. The van der Waals surface area contributed by atoms with Crippen LogP contribution in [0.25, 0.3) is 11.5 Å². The number of pyridine rings is 1. The molecule has 0 unspecified atom stereocenters. The lowest BCUT2D eigenvalue weighted by atomic mass is 10.0. The van der Waals surface area contributed by atoms with Crippen molar-refractivity contribution >= 4 is 0 Å². The van der Waals surface area contributed by atoms with Crippen LogP contribution in [-0.4, -0.2) is 21.7 Å². The van der Waals surface area contributed by atoms with Gasteiger partial charge in [0, 0.05) is 12.8 Å². The number of aromatic nitrogens is 3. The lowest BCUT2D eigenvalue weighted by Crippen LogP contribution is -2.20. The molecule has 1 fully saturated rings. The van der Waals surface area contributed by atoms with Crippen molar-refractivity contribution in [3.05, 3.63) is 29.8 Å². The fraction of sp³-hybridized carbons (Fsp3) is 0.462. The number of hydrogen-bond acceptors (Lipinski definition) is 5. The summed E-state index contributed by atoms with van der Waals surface area (Å²) in [4.78, 5) is 8.72. The number of nitrogens with zero attached hydrogens (tertiary/aromatic N) is 3. The molecule has 0 spiro atoms. The van der Waals surface area contributed by atoms with Crippen molar-refractivity contribution in [3.63, 3.8) is 0 Å². The molecule has 3 rings (SSSR count). The van der Waals surface area contributed by atoms with Crippen LogP contribution in [0.4, 0.5) is 0 Å². The lowest BCUT2D eigenvalue weighted by molar-refractivity contribution is -0.00937. The number of ether oxygens (including phenoxy) is 1. The van der Waals surface area contributed by atoms with E-state index in [-0.39, 0.29) is 0 Å². The highest BCUT2D eigenvalue weighted by Gasteiger charge is 2.37. The fourth-order valence-corrected chi connectivity index (χ4v) is 2.20. The molecule has 0 amide bonds. The van der Waals surface area contributed by atoms with Gasteiger partial charge in [-0.15, -0.1) is 0 Å². The van der Waals surface area contributed by atoms with Crippen LogP contribution in [0.15, 0.2) is 22.9 Å². The lowest BCUT2D eigenvalue weighted by Gasteiger charge is -2.16. The molecule has 0 radical (unpaired) electrons. The van der Waals surface area contributed by atoms with E-state index in [0.29, 0.717) is 11.7 Å². The minimum atomic E-state index is -0.437. The molecule has 2 aromatic heterocycles. The van der Waals surface area contributed by atoms with E-state index in [1.165, 1.54) is 0 Å². The van der Waals surface area contributed by atoms with Gasteiger partial charge in [0.15, 0.2) is 0 Å². The topological polar surface area (TPSA) is 61.0 Å². The maximum absolute atomic E-state index is 5.69. The zero-order valence-corrected chi connectivity index (χ0v) is 10.5. The van der Waals surface area contributed by atoms with Crippen LogP contribution in [0.2, 0.25) is 0 Å². The largest absolute Gasteiger partial charge is 0.365 e. The highest BCUT2D eigenvalue weighted by molar-refractivity contribution is 5.53. The second-order valence-electron chi connectivity index (χ2n) is 4.77. The normalized spacial score (nSPS) is 23.4. The first-order valence-corrected chi connectivity index (χ1v) is 6.09. The average Bonchev–Trinajstić information content (AvgIpc) is 2.99. The summed E-state index contributed by atoms with van der Waals surface area (Å²) in [6.07, 6.45) is 3.67. The number of hydrogen-bond donors (Lipinski definition) is 0. The van der Waals surface area contributed by atoms with Gasteiger partial charge in [0.05, 0.1) is 0 Å². The summed E-state index contributed by atoms with van der Waals surface area (Å²) < 4.78 is 11.0. The van der Waals surface area contributed by atoms with Crippen molar-refractivity contribution in [3.8, 4) is 11.5 Å². The molecule has 3 heterocycles. The summed E-state index contributed by atoms with van der Waals surface area (Å²) in [7, 11) is 0. The van der Waals surface area contributed by atoms with Gasteiger partial charge >= 0.3 is 0 Å². The smallest absolute Gasteiger partial charge is 0.258 e. The van der Waals surface area contributed by atoms with E-state index in [0.717, 1.165) is 30.7 Å². The number of aryl methyl sites for hydroxylation is 1. The van der Waals surface area contributed by atoms with Crippen molar-refractivity contribution in [1.82, 2.24) is 15.1 Å². The van der Waals surface area contributed by atoms with Gasteiger partial charge in [-0.1, -0.05) is 11.2 Å². The zero-order chi connectivity index (χ0) is 12.6. The maximum Gasteiger partial charge on any atom is 0.258 e. The highest BCUT2D eigenvalue weighted by atomic mass is 16.5. The molecule has 18 heavy (non-hydrogen) atoms. The van der Waals surface area contributed by atoms with Crippen LogP contribution in [0.3, 0.4) is 0 Å². The van der Waals surface area contributed by atoms with E-state index in [9.17, 15) is 0 Å². The molecule has 0 aromatic carbocycles. The first-order valence-electron chi connectivity index (χ1n) is 6.09.